The van der Waals surface area contributed by atoms with E-state index in [2.05, 4.69) is 41.3 Å². The summed E-state index contributed by atoms with van der Waals surface area (Å²) < 4.78 is 9.70. The maximum absolute atomic E-state index is 12.7. The van der Waals surface area contributed by atoms with Crippen molar-refractivity contribution in [1.29, 1.82) is 0 Å². The van der Waals surface area contributed by atoms with Gasteiger partial charge in [0, 0.05) is 25.3 Å². The van der Waals surface area contributed by atoms with Crippen LogP contribution in [0.15, 0.2) is 62.8 Å². The van der Waals surface area contributed by atoms with Crippen LogP contribution in [0.2, 0.25) is 0 Å². The van der Waals surface area contributed by atoms with Crippen molar-refractivity contribution in [1.82, 2.24) is 23.7 Å². The van der Waals surface area contributed by atoms with Crippen LogP contribution in [0.5, 0.6) is 0 Å². The lowest BCUT2D eigenvalue weighted by Crippen LogP contribution is -2.37. The Balaban J connectivity index is 1.33. The van der Waals surface area contributed by atoms with E-state index in [1.807, 2.05) is 18.2 Å². The molecule has 5 aromatic rings. The number of hydrogen-bond donors (Lipinski definition) is 1. The number of amides is 1. The first-order valence-corrected chi connectivity index (χ1v) is 11.7. The van der Waals surface area contributed by atoms with E-state index in [-0.39, 0.29) is 18.0 Å². The molecule has 1 atom stereocenters. The third-order valence-electron chi connectivity index (χ3n) is 6.53. The number of fused-ring (bicyclic) bond motifs is 2. The number of aromatic nitrogens is 5. The number of oxazole rings is 1. The molecule has 2 aromatic carbocycles. The summed E-state index contributed by atoms with van der Waals surface area (Å²) in [7, 11) is 2.93. The Bertz CT molecular complexity index is 1720. The number of aryl methyl sites for hydroxylation is 1. The van der Waals surface area contributed by atoms with Crippen LogP contribution >= 0.6 is 0 Å². The van der Waals surface area contributed by atoms with Crippen molar-refractivity contribution in [2.75, 3.05) is 5.32 Å². The summed E-state index contributed by atoms with van der Waals surface area (Å²) >= 11 is 0. The van der Waals surface area contributed by atoms with Gasteiger partial charge >= 0.3 is 5.69 Å². The number of imidazole rings is 1. The van der Waals surface area contributed by atoms with Crippen LogP contribution in [-0.2, 0) is 25.4 Å². The van der Waals surface area contributed by atoms with Gasteiger partial charge in [-0.2, -0.15) is 0 Å². The average Bonchev–Trinajstić information content (AvgIpc) is 3.50. The zero-order valence-corrected chi connectivity index (χ0v) is 20.5. The molecule has 0 bridgehead atoms. The molecule has 0 aliphatic heterocycles. The molecule has 0 saturated carbocycles. The Morgan fingerprint density at radius 3 is 2.56 bits per heavy atom. The number of nitrogens with one attached hydrogen (secondary N) is 1. The fourth-order valence-corrected chi connectivity index (χ4v) is 4.22. The van der Waals surface area contributed by atoms with Gasteiger partial charge in [-0.1, -0.05) is 19.9 Å². The predicted molar refractivity (Wildman–Crippen MR) is 137 cm³/mol. The Labute approximate surface area is 205 Å². The van der Waals surface area contributed by atoms with Crippen molar-refractivity contribution < 1.29 is 9.21 Å². The second kappa shape index (κ2) is 8.95. The van der Waals surface area contributed by atoms with Crippen LogP contribution in [-0.4, -0.2) is 29.6 Å². The van der Waals surface area contributed by atoms with E-state index in [1.54, 1.807) is 12.1 Å². The van der Waals surface area contributed by atoms with Crippen LogP contribution in [0.3, 0.4) is 0 Å². The Morgan fingerprint density at radius 2 is 1.83 bits per heavy atom. The van der Waals surface area contributed by atoms with Crippen LogP contribution in [0.1, 0.15) is 31.7 Å². The van der Waals surface area contributed by atoms with E-state index in [4.69, 9.17) is 4.42 Å². The summed E-state index contributed by atoms with van der Waals surface area (Å²) in [6.07, 6.45) is 2.44. The van der Waals surface area contributed by atoms with Crippen molar-refractivity contribution in [2.24, 2.45) is 14.1 Å². The first kappa shape index (κ1) is 23.3. The highest BCUT2D eigenvalue weighted by Crippen LogP contribution is 2.28. The standard InChI is InChI=1S/C26H26N6O4/c1-5-15(2)17-8-11-20-19(12-17)29-23(36-20)16-6-9-18(10-7-16)28-21(33)13-32-14-27-22-24(32)30(3)26(35)31(4)25(22)34/h6-12,14-15H,5,13H2,1-4H3,(H,28,33)/t15-/m0/s1. The molecule has 0 radical (unpaired) electrons. The van der Waals surface area contributed by atoms with Crippen LogP contribution in [0, 0.1) is 0 Å². The number of carbonyl (C=O) groups is 1. The van der Waals surface area contributed by atoms with Gasteiger partial charge in [0.2, 0.25) is 11.8 Å². The second-order valence-electron chi connectivity index (χ2n) is 8.93. The number of rotatable bonds is 6. The van der Waals surface area contributed by atoms with Crippen LogP contribution in [0.4, 0.5) is 5.69 Å². The van der Waals surface area contributed by atoms with Gasteiger partial charge < -0.3 is 14.3 Å². The molecule has 5 rings (SSSR count). The third-order valence-corrected chi connectivity index (χ3v) is 6.53. The molecule has 184 valence electrons. The van der Waals surface area contributed by atoms with Crippen molar-refractivity contribution in [3.05, 3.63) is 75.2 Å². The largest absolute Gasteiger partial charge is 0.436 e. The van der Waals surface area contributed by atoms with Crippen molar-refractivity contribution in [3.8, 4) is 11.5 Å². The van der Waals surface area contributed by atoms with Crippen molar-refractivity contribution >= 4 is 33.9 Å². The number of nitrogens with zero attached hydrogens (tertiary/aromatic N) is 5. The van der Waals surface area contributed by atoms with Gasteiger partial charge in [-0.25, -0.2) is 14.8 Å². The number of hydrogen-bond acceptors (Lipinski definition) is 6. The summed E-state index contributed by atoms with van der Waals surface area (Å²) in [4.78, 5) is 46.0. The summed E-state index contributed by atoms with van der Waals surface area (Å²) in [5.74, 6) is 0.638. The van der Waals surface area contributed by atoms with Gasteiger partial charge in [0.1, 0.15) is 17.7 Å². The van der Waals surface area contributed by atoms with Crippen LogP contribution < -0.4 is 16.6 Å². The Hall–Kier alpha value is -4.47. The van der Waals surface area contributed by atoms with E-state index < -0.39 is 11.2 Å². The second-order valence-corrected chi connectivity index (χ2v) is 8.93. The average molecular weight is 487 g/mol. The lowest BCUT2D eigenvalue weighted by molar-refractivity contribution is -0.116. The zero-order valence-electron chi connectivity index (χ0n) is 20.5. The monoisotopic (exact) mass is 486 g/mol. The fourth-order valence-electron chi connectivity index (χ4n) is 4.22. The highest BCUT2D eigenvalue weighted by molar-refractivity contribution is 5.91. The molecule has 0 saturated heterocycles. The number of anilines is 1. The topological polar surface area (TPSA) is 117 Å². The molecule has 36 heavy (non-hydrogen) atoms. The highest BCUT2D eigenvalue weighted by Gasteiger charge is 2.16. The summed E-state index contributed by atoms with van der Waals surface area (Å²) in [6.45, 7) is 4.24. The van der Waals surface area contributed by atoms with Crippen molar-refractivity contribution in [3.63, 3.8) is 0 Å². The van der Waals surface area contributed by atoms with Crippen LogP contribution in [0.25, 0.3) is 33.7 Å². The number of benzene rings is 2. The lowest BCUT2D eigenvalue weighted by atomic mass is 9.98. The fraction of sp³-hybridized carbons (Fsp3) is 0.269. The molecule has 10 heteroatoms. The number of carbonyl (C=O) groups excluding carboxylic acids is 1. The molecule has 3 aromatic heterocycles. The predicted octanol–water partition coefficient (Wildman–Crippen LogP) is 3.39. The molecule has 0 fully saturated rings. The summed E-state index contributed by atoms with van der Waals surface area (Å²) in [6, 6.07) is 13.3. The minimum absolute atomic E-state index is 0.109. The molecule has 1 N–H and O–H groups in total. The molecule has 10 nitrogen and oxygen atoms in total. The van der Waals surface area contributed by atoms with Crippen molar-refractivity contribution in [2.45, 2.75) is 32.7 Å². The first-order valence-electron chi connectivity index (χ1n) is 11.7. The van der Waals surface area contributed by atoms with Gasteiger partial charge in [-0.3, -0.25) is 18.7 Å². The van der Waals surface area contributed by atoms with E-state index in [0.717, 1.165) is 27.7 Å². The summed E-state index contributed by atoms with van der Waals surface area (Å²) in [5, 5.41) is 2.83. The Kier molecular flexibility index (Phi) is 5.79. The molecular weight excluding hydrogens is 460 g/mol. The molecule has 0 aliphatic rings. The van der Waals surface area contributed by atoms with Gasteiger partial charge in [0.15, 0.2) is 11.1 Å². The SMILES string of the molecule is CC[C@H](C)c1ccc2oc(-c3ccc(NC(=O)Cn4cnc5c(=O)n(C)c(=O)n(C)c54)cc3)nc2c1. The lowest BCUT2D eigenvalue weighted by Gasteiger charge is -2.09. The zero-order chi connectivity index (χ0) is 25.6. The minimum Gasteiger partial charge on any atom is -0.436 e. The quantitative estimate of drug-likeness (QED) is 0.393. The van der Waals surface area contributed by atoms with Gasteiger partial charge in [0.05, 0.1) is 6.33 Å². The van der Waals surface area contributed by atoms with E-state index in [0.29, 0.717) is 23.1 Å². The Morgan fingerprint density at radius 1 is 1.08 bits per heavy atom. The minimum atomic E-state index is -0.502. The molecule has 0 unspecified atom stereocenters. The van der Waals surface area contributed by atoms with E-state index in [1.165, 1.54) is 35.1 Å². The van der Waals surface area contributed by atoms with Gasteiger partial charge in [0.25, 0.3) is 5.56 Å². The maximum Gasteiger partial charge on any atom is 0.332 e. The molecule has 0 spiro atoms. The van der Waals surface area contributed by atoms with Gasteiger partial charge in [-0.05, 0) is 54.3 Å². The molecule has 0 aliphatic carbocycles. The highest BCUT2D eigenvalue weighted by atomic mass is 16.3. The first-order chi connectivity index (χ1) is 17.3. The van der Waals surface area contributed by atoms with E-state index >= 15 is 0 Å². The maximum atomic E-state index is 12.7. The third kappa shape index (κ3) is 4.00. The van der Waals surface area contributed by atoms with Gasteiger partial charge in [-0.15, -0.1) is 0 Å². The molecule has 1 amide bonds. The smallest absolute Gasteiger partial charge is 0.332 e. The molecule has 3 heterocycles. The summed E-state index contributed by atoms with van der Waals surface area (Å²) in [5.41, 5.74) is 3.59. The normalized spacial score (nSPS) is 12.3. The molecular formula is C26H26N6O4. The van der Waals surface area contributed by atoms with E-state index in [9.17, 15) is 14.4 Å².